The third-order valence-corrected chi connectivity index (χ3v) is 4.97. The van der Waals surface area contributed by atoms with E-state index in [1.807, 2.05) is 20.8 Å². The average Bonchev–Trinajstić information content (AvgIpc) is 2.41. The fourth-order valence-electron chi connectivity index (χ4n) is 2.40. The van der Waals surface area contributed by atoms with Crippen LogP contribution in [0.4, 0.5) is 13.2 Å². The molecule has 0 amide bonds. The van der Waals surface area contributed by atoms with Crippen LogP contribution in [0, 0.1) is 0 Å². The molecule has 0 spiro atoms. The van der Waals surface area contributed by atoms with Gasteiger partial charge in [-0.25, -0.2) is 0 Å². The maximum atomic E-state index is 12.2. The Bertz CT molecular complexity index is 550. The fraction of sp³-hybridized carbons (Fsp3) is 0.571. The predicted octanol–water partition coefficient (Wildman–Crippen LogP) is 4.38. The summed E-state index contributed by atoms with van der Waals surface area (Å²) in [5.41, 5.74) is -4.51. The van der Waals surface area contributed by atoms with Crippen molar-refractivity contribution in [3.63, 3.8) is 0 Å². The third kappa shape index (κ3) is 3.70. The lowest BCUT2D eigenvalue weighted by molar-refractivity contribution is -0.0500. The monoisotopic (exact) mass is 324 g/mol. The summed E-state index contributed by atoms with van der Waals surface area (Å²) in [4.78, 5) is 0. The van der Waals surface area contributed by atoms with Crippen molar-refractivity contribution < 1.29 is 25.8 Å². The van der Waals surface area contributed by atoms with Crippen LogP contribution < -0.4 is 4.18 Å². The summed E-state index contributed by atoms with van der Waals surface area (Å²) in [7, 11) is -5.62. The Kier molecular flexibility index (Phi) is 5.30. The molecule has 0 saturated heterocycles. The van der Waals surface area contributed by atoms with Gasteiger partial charge in [0.1, 0.15) is 5.75 Å². The first-order chi connectivity index (χ1) is 9.62. The zero-order valence-corrected chi connectivity index (χ0v) is 13.0. The third-order valence-electron chi connectivity index (χ3n) is 3.99. The van der Waals surface area contributed by atoms with Crippen LogP contribution in [0.25, 0.3) is 0 Å². The van der Waals surface area contributed by atoms with Gasteiger partial charge in [-0.15, -0.1) is 0 Å². The Balaban J connectivity index is 3.04. The Labute approximate surface area is 123 Å². The highest BCUT2D eigenvalue weighted by Gasteiger charge is 2.48. The van der Waals surface area contributed by atoms with E-state index in [9.17, 15) is 21.6 Å². The Morgan fingerprint density at radius 3 is 1.71 bits per heavy atom. The van der Waals surface area contributed by atoms with E-state index in [1.165, 1.54) is 12.1 Å². The Morgan fingerprint density at radius 2 is 1.38 bits per heavy atom. The molecule has 3 nitrogen and oxygen atoms in total. The minimum absolute atomic E-state index is 0.0541. The topological polar surface area (TPSA) is 43.4 Å². The summed E-state index contributed by atoms with van der Waals surface area (Å²) in [6.45, 7) is 6.14. The second-order valence-electron chi connectivity index (χ2n) is 4.85. The molecule has 0 N–H and O–H groups in total. The highest BCUT2D eigenvalue weighted by atomic mass is 32.2. The van der Waals surface area contributed by atoms with Crippen LogP contribution in [0.1, 0.15) is 45.6 Å². The normalized spacial score (nSPS) is 13.2. The molecule has 0 aliphatic rings. The summed E-state index contributed by atoms with van der Waals surface area (Å²) >= 11 is 0. The first-order valence-electron chi connectivity index (χ1n) is 6.73. The lowest BCUT2D eigenvalue weighted by Gasteiger charge is -2.31. The highest BCUT2D eigenvalue weighted by molar-refractivity contribution is 7.87. The van der Waals surface area contributed by atoms with Crippen molar-refractivity contribution in [1.82, 2.24) is 0 Å². The number of hydrogen-bond donors (Lipinski definition) is 0. The molecule has 0 fully saturated rings. The minimum atomic E-state index is -5.62. The van der Waals surface area contributed by atoms with Crippen LogP contribution >= 0.6 is 0 Å². The van der Waals surface area contributed by atoms with E-state index in [-0.39, 0.29) is 11.2 Å². The SMILES string of the molecule is CCC(CC)(CC)c1ccc(OS(=O)(=O)C(F)(F)F)cc1. The van der Waals surface area contributed by atoms with Gasteiger partial charge in [-0.1, -0.05) is 32.9 Å². The number of rotatable bonds is 6. The van der Waals surface area contributed by atoms with Gasteiger partial charge in [0.05, 0.1) is 0 Å². The van der Waals surface area contributed by atoms with Gasteiger partial charge >= 0.3 is 15.6 Å². The summed E-state index contributed by atoms with van der Waals surface area (Å²) in [6, 6.07) is 5.76. The van der Waals surface area contributed by atoms with Crippen LogP contribution in [-0.2, 0) is 15.5 Å². The molecule has 0 bridgehead atoms. The molecular weight excluding hydrogens is 305 g/mol. The van der Waals surface area contributed by atoms with Crippen LogP contribution in [0.2, 0.25) is 0 Å². The van der Waals surface area contributed by atoms with Crippen molar-refractivity contribution in [3.8, 4) is 5.75 Å². The van der Waals surface area contributed by atoms with Crippen molar-refractivity contribution >= 4 is 10.1 Å². The minimum Gasteiger partial charge on any atom is -0.376 e. The molecule has 1 aromatic carbocycles. The molecule has 0 heterocycles. The van der Waals surface area contributed by atoms with E-state index < -0.39 is 15.6 Å². The first kappa shape index (κ1) is 17.8. The van der Waals surface area contributed by atoms with Crippen LogP contribution in [-0.4, -0.2) is 13.9 Å². The fourth-order valence-corrected chi connectivity index (χ4v) is 2.86. The molecular formula is C14H19F3O3S. The summed E-state index contributed by atoms with van der Waals surface area (Å²) < 4.78 is 62.6. The molecule has 21 heavy (non-hydrogen) atoms. The van der Waals surface area contributed by atoms with Gasteiger partial charge in [-0.2, -0.15) is 21.6 Å². The molecule has 0 radical (unpaired) electrons. The summed E-state index contributed by atoms with van der Waals surface area (Å²) in [5.74, 6) is -0.340. The van der Waals surface area contributed by atoms with Crippen molar-refractivity contribution in [1.29, 1.82) is 0 Å². The van der Waals surface area contributed by atoms with Gasteiger partial charge in [0.2, 0.25) is 0 Å². The summed E-state index contributed by atoms with van der Waals surface area (Å²) in [6.07, 6.45) is 2.67. The second-order valence-corrected chi connectivity index (χ2v) is 6.39. The van der Waals surface area contributed by atoms with Crippen molar-refractivity contribution in [3.05, 3.63) is 29.8 Å². The molecule has 7 heteroatoms. The highest BCUT2D eigenvalue weighted by Crippen LogP contribution is 2.36. The predicted molar refractivity (Wildman–Crippen MR) is 74.6 cm³/mol. The Hall–Kier alpha value is -1.24. The van der Waals surface area contributed by atoms with Gasteiger partial charge in [-0.05, 0) is 42.4 Å². The molecule has 1 aromatic rings. The van der Waals surface area contributed by atoms with E-state index in [4.69, 9.17) is 0 Å². The maximum absolute atomic E-state index is 12.2. The largest absolute Gasteiger partial charge is 0.534 e. The number of hydrogen-bond acceptors (Lipinski definition) is 3. The van der Waals surface area contributed by atoms with Gasteiger partial charge in [0, 0.05) is 0 Å². The van der Waals surface area contributed by atoms with Crippen LogP contribution in [0.3, 0.4) is 0 Å². The molecule has 0 atom stereocenters. The Morgan fingerprint density at radius 1 is 0.952 bits per heavy atom. The molecule has 0 unspecified atom stereocenters. The smallest absolute Gasteiger partial charge is 0.376 e. The van der Waals surface area contributed by atoms with Gasteiger partial charge in [0.15, 0.2) is 0 Å². The van der Waals surface area contributed by atoms with Crippen molar-refractivity contribution in [2.75, 3.05) is 0 Å². The maximum Gasteiger partial charge on any atom is 0.534 e. The van der Waals surface area contributed by atoms with Crippen LogP contribution in [0.15, 0.2) is 24.3 Å². The van der Waals surface area contributed by atoms with E-state index in [2.05, 4.69) is 4.18 Å². The number of alkyl halides is 3. The van der Waals surface area contributed by atoms with Crippen molar-refractivity contribution in [2.24, 2.45) is 0 Å². The average molecular weight is 324 g/mol. The van der Waals surface area contributed by atoms with E-state index in [0.717, 1.165) is 24.8 Å². The molecule has 0 aliphatic carbocycles. The second kappa shape index (κ2) is 6.25. The molecule has 120 valence electrons. The van der Waals surface area contributed by atoms with E-state index >= 15 is 0 Å². The van der Waals surface area contributed by atoms with E-state index in [0.29, 0.717) is 0 Å². The molecule has 0 aromatic heterocycles. The molecule has 0 aliphatic heterocycles. The number of benzene rings is 1. The lowest BCUT2D eigenvalue weighted by Crippen LogP contribution is -2.28. The first-order valence-corrected chi connectivity index (χ1v) is 8.14. The van der Waals surface area contributed by atoms with E-state index in [1.54, 1.807) is 12.1 Å². The van der Waals surface area contributed by atoms with Gasteiger partial charge < -0.3 is 4.18 Å². The molecule has 0 saturated carbocycles. The summed E-state index contributed by atoms with van der Waals surface area (Å²) in [5, 5.41) is 0. The quantitative estimate of drug-likeness (QED) is 0.576. The molecule has 1 rings (SSSR count). The zero-order chi connectivity index (χ0) is 16.3. The van der Waals surface area contributed by atoms with Gasteiger partial charge in [-0.3, -0.25) is 0 Å². The van der Waals surface area contributed by atoms with Gasteiger partial charge in [0.25, 0.3) is 0 Å². The van der Waals surface area contributed by atoms with Crippen molar-refractivity contribution in [2.45, 2.75) is 51.0 Å². The number of halogens is 3. The lowest BCUT2D eigenvalue weighted by atomic mass is 9.74. The van der Waals surface area contributed by atoms with Crippen LogP contribution in [0.5, 0.6) is 5.75 Å². The standard InChI is InChI=1S/C14H19F3O3S/c1-4-13(5-2,6-3)11-7-9-12(10-8-11)20-21(18,19)14(15,16)17/h7-10H,4-6H2,1-3H3. The zero-order valence-electron chi connectivity index (χ0n) is 12.2.